The Morgan fingerprint density at radius 2 is 0.529 bits per heavy atom. The number of phosphoric acid groups is 1. The van der Waals surface area contributed by atoms with Crippen LogP contribution in [-0.2, 0) is 32.7 Å². The average molecular weight is 1440 g/mol. The highest BCUT2D eigenvalue weighted by atomic mass is 31.2. The van der Waals surface area contributed by atoms with Crippen LogP contribution in [0.25, 0.3) is 0 Å². The summed E-state index contributed by atoms with van der Waals surface area (Å²) in [5, 5.41) is 0. The van der Waals surface area contributed by atoms with Crippen molar-refractivity contribution in [3.05, 3.63) is 170 Å². The van der Waals surface area contributed by atoms with Gasteiger partial charge in [0, 0.05) is 12.8 Å². The molecule has 0 heterocycles. The summed E-state index contributed by atoms with van der Waals surface area (Å²) in [6, 6.07) is 0. The van der Waals surface area contributed by atoms with E-state index in [4.69, 9.17) is 18.5 Å². The van der Waals surface area contributed by atoms with Crippen LogP contribution in [0.1, 0.15) is 348 Å². The van der Waals surface area contributed by atoms with Crippen LogP contribution in [0.5, 0.6) is 0 Å². The Morgan fingerprint density at radius 3 is 0.784 bits per heavy atom. The number of carbonyl (C=O) groups is 2. The quantitative estimate of drug-likeness (QED) is 0.0211. The molecule has 0 aliphatic heterocycles. The predicted molar refractivity (Wildman–Crippen MR) is 445 cm³/mol. The maximum atomic E-state index is 12.9. The Bertz CT molecular complexity index is 2340. The summed E-state index contributed by atoms with van der Waals surface area (Å²) in [5.41, 5.74) is 0. The van der Waals surface area contributed by atoms with E-state index in [0.717, 1.165) is 128 Å². The number of carbonyl (C=O) groups excluding carboxylic acids is 2. The number of phosphoric ester groups is 1. The fourth-order valence-corrected chi connectivity index (χ4v) is 12.2. The molecule has 0 aliphatic carbocycles. The lowest BCUT2D eigenvalue weighted by Crippen LogP contribution is -2.37. The van der Waals surface area contributed by atoms with E-state index in [1.807, 2.05) is 21.1 Å². The van der Waals surface area contributed by atoms with Gasteiger partial charge in [-0.2, -0.15) is 0 Å². The van der Waals surface area contributed by atoms with Gasteiger partial charge in [-0.25, -0.2) is 4.57 Å². The van der Waals surface area contributed by atoms with Gasteiger partial charge in [0.05, 0.1) is 27.7 Å². The van der Waals surface area contributed by atoms with Gasteiger partial charge in [0.2, 0.25) is 0 Å². The Kier molecular flexibility index (Phi) is 76.8. The fourth-order valence-electron chi connectivity index (χ4n) is 11.5. The fraction of sp³-hybridized carbons (Fsp3) is 0.674. The SMILES string of the molecule is CC/C=C\C/C=C\C/C=C\C/C=C\C/C=C\C/C=C\C/C=C\C/C=C\CCCCCCCCCCCCCCCCCCC(=O)OC(COC(=O)CCCCCCCCCCCCCCCCCCCC/C=C\C/C=C\C/C=C\C/C=C\C/C=C\C/C=C\CC)COP(=O)(O)OCC[N+](C)(C)C. The van der Waals surface area contributed by atoms with E-state index < -0.39 is 26.5 Å². The number of hydrogen-bond acceptors (Lipinski definition) is 7. The first-order valence-corrected chi connectivity index (χ1v) is 43.4. The van der Waals surface area contributed by atoms with E-state index in [1.54, 1.807) is 0 Å². The second-order valence-corrected chi connectivity index (χ2v) is 30.2. The molecule has 0 bridgehead atoms. The molecule has 0 radical (unpaired) electrons. The predicted octanol–water partition coefficient (Wildman–Crippen LogP) is 28.4. The zero-order valence-corrected chi connectivity index (χ0v) is 67.4. The van der Waals surface area contributed by atoms with E-state index in [0.29, 0.717) is 17.4 Å². The third-order valence-corrected chi connectivity index (χ3v) is 18.7. The normalized spacial score (nSPS) is 13.9. The monoisotopic (exact) mass is 1440 g/mol. The molecule has 0 fully saturated rings. The van der Waals surface area contributed by atoms with Gasteiger partial charge < -0.3 is 18.9 Å². The van der Waals surface area contributed by atoms with E-state index in [-0.39, 0.29) is 32.0 Å². The minimum absolute atomic E-state index is 0.0275. The van der Waals surface area contributed by atoms with Gasteiger partial charge >= 0.3 is 19.8 Å². The molecule has 0 aromatic rings. The smallest absolute Gasteiger partial charge is 0.462 e. The topological polar surface area (TPSA) is 108 Å². The Hall–Kier alpha value is -4.63. The minimum atomic E-state index is -4.40. The van der Waals surface area contributed by atoms with E-state index in [1.165, 1.54) is 186 Å². The van der Waals surface area contributed by atoms with Crippen LogP contribution < -0.4 is 0 Å². The molecule has 10 heteroatoms. The molecule has 9 nitrogen and oxygen atoms in total. The van der Waals surface area contributed by atoms with Crippen molar-refractivity contribution >= 4 is 19.8 Å². The zero-order valence-electron chi connectivity index (χ0n) is 66.5. The van der Waals surface area contributed by atoms with Crippen LogP contribution in [-0.4, -0.2) is 74.9 Å². The number of nitrogens with zero attached hydrogens (tertiary/aromatic N) is 1. The molecule has 0 aliphatic rings. The van der Waals surface area contributed by atoms with Crippen molar-refractivity contribution in [2.45, 2.75) is 354 Å². The van der Waals surface area contributed by atoms with Crippen molar-refractivity contribution in [2.75, 3.05) is 47.5 Å². The molecular formula is C92H157NO8P+. The number of allylic oxidation sites excluding steroid dienone is 28. The number of quaternary nitrogens is 1. The van der Waals surface area contributed by atoms with Crippen LogP contribution in [0, 0.1) is 0 Å². The first-order valence-electron chi connectivity index (χ1n) is 41.9. The highest BCUT2D eigenvalue weighted by molar-refractivity contribution is 7.47. The van der Waals surface area contributed by atoms with Gasteiger partial charge in [-0.15, -0.1) is 0 Å². The standard InChI is InChI=1S/C92H156NO8P/c1-6-8-10-12-14-16-18-20-22-24-26-28-30-32-34-36-38-40-42-44-45-46-47-49-51-53-55-57-59-61-63-65-67-69-71-73-75-77-79-81-83-85-92(95)101-90(89-100-102(96,97)99-87-86-93(3,4)5)88-98-91(94)84-82-80-78-76-74-72-70-68-66-64-62-60-58-56-54-52-50-48-43-41-39-37-35-33-31-29-27-25-23-21-19-17-15-13-11-9-7-2/h8-11,14-17,20-23,26-29,32-35,38-41,44-45,47,49,90H,6-7,12-13,18-19,24-25,30-31,36-37,42-43,46,48,50-89H2,1-5H3/p+1/b10-8-,11-9-,16-14-,17-15-,22-20-,23-21-,28-26-,29-27-,34-32-,35-33-,40-38-,41-39-,45-44-,49-47-. The molecule has 0 saturated carbocycles. The summed E-state index contributed by atoms with van der Waals surface area (Å²) in [6.07, 6.45) is 122. The third kappa shape index (κ3) is 84.3. The van der Waals surface area contributed by atoms with Crippen molar-refractivity contribution in [3.63, 3.8) is 0 Å². The number of unbranched alkanes of at least 4 members (excludes halogenated alkanes) is 34. The average Bonchev–Trinajstić information content (AvgIpc) is 0.916. The summed E-state index contributed by atoms with van der Waals surface area (Å²) in [7, 11) is 1.48. The molecule has 102 heavy (non-hydrogen) atoms. The van der Waals surface area contributed by atoms with Crippen LogP contribution in [0.15, 0.2) is 170 Å². The summed E-state index contributed by atoms with van der Waals surface area (Å²) in [4.78, 5) is 36.0. The van der Waals surface area contributed by atoms with Crippen LogP contribution >= 0.6 is 7.82 Å². The lowest BCUT2D eigenvalue weighted by atomic mass is 10.0. The van der Waals surface area contributed by atoms with Gasteiger partial charge in [0.25, 0.3) is 0 Å². The zero-order chi connectivity index (χ0) is 74.0. The molecule has 0 saturated heterocycles. The van der Waals surface area contributed by atoms with Gasteiger partial charge in [0.15, 0.2) is 6.10 Å². The van der Waals surface area contributed by atoms with Gasteiger partial charge in [-0.3, -0.25) is 18.6 Å². The number of rotatable bonds is 76. The van der Waals surface area contributed by atoms with Crippen molar-refractivity contribution in [1.29, 1.82) is 0 Å². The summed E-state index contributed by atoms with van der Waals surface area (Å²) < 4.78 is 34.9. The summed E-state index contributed by atoms with van der Waals surface area (Å²) in [6.45, 7) is 4.23. The highest BCUT2D eigenvalue weighted by Gasteiger charge is 2.27. The van der Waals surface area contributed by atoms with Crippen LogP contribution in [0.3, 0.4) is 0 Å². The third-order valence-electron chi connectivity index (χ3n) is 17.7. The van der Waals surface area contributed by atoms with E-state index in [9.17, 15) is 19.0 Å². The Morgan fingerprint density at radius 1 is 0.304 bits per heavy atom. The van der Waals surface area contributed by atoms with E-state index in [2.05, 4.69) is 184 Å². The Labute approximate surface area is 629 Å². The molecule has 1 N–H and O–H groups in total. The number of esters is 2. The maximum Gasteiger partial charge on any atom is 0.472 e. The van der Waals surface area contributed by atoms with Gasteiger partial charge in [-0.05, 0) is 128 Å². The lowest BCUT2D eigenvalue weighted by molar-refractivity contribution is -0.870. The molecule has 2 atom stereocenters. The molecule has 0 amide bonds. The van der Waals surface area contributed by atoms with Crippen LogP contribution in [0.4, 0.5) is 0 Å². The summed E-state index contributed by atoms with van der Waals surface area (Å²) >= 11 is 0. The number of likely N-dealkylation sites (N-methyl/N-ethyl adjacent to an activating group) is 1. The van der Waals surface area contributed by atoms with Crippen molar-refractivity contribution < 1.29 is 42.1 Å². The van der Waals surface area contributed by atoms with Crippen LogP contribution in [0.2, 0.25) is 0 Å². The first-order chi connectivity index (χ1) is 50.0. The molecular weight excluding hydrogens is 1280 g/mol. The Balaban J connectivity index is 3.97. The molecule has 0 spiro atoms. The minimum Gasteiger partial charge on any atom is -0.462 e. The molecule has 0 aromatic heterocycles. The molecule has 2 unspecified atom stereocenters. The summed E-state index contributed by atoms with van der Waals surface area (Å²) in [5.74, 6) is -0.790. The maximum absolute atomic E-state index is 12.9. The number of hydrogen-bond donors (Lipinski definition) is 1. The van der Waals surface area contributed by atoms with Gasteiger partial charge in [0.1, 0.15) is 19.8 Å². The largest absolute Gasteiger partial charge is 0.472 e. The molecule has 0 rings (SSSR count). The van der Waals surface area contributed by atoms with Gasteiger partial charge in [-0.1, -0.05) is 377 Å². The van der Waals surface area contributed by atoms with Crippen molar-refractivity contribution in [1.82, 2.24) is 0 Å². The van der Waals surface area contributed by atoms with Crippen molar-refractivity contribution in [3.8, 4) is 0 Å². The first kappa shape index (κ1) is 97.4. The second-order valence-electron chi connectivity index (χ2n) is 28.7. The molecule has 0 aromatic carbocycles. The number of ether oxygens (including phenoxy) is 2. The highest BCUT2D eigenvalue weighted by Crippen LogP contribution is 2.43. The second kappa shape index (κ2) is 80.5. The molecule has 582 valence electrons. The van der Waals surface area contributed by atoms with Crippen molar-refractivity contribution in [2.24, 2.45) is 0 Å². The lowest BCUT2D eigenvalue weighted by Gasteiger charge is -2.24. The van der Waals surface area contributed by atoms with E-state index >= 15 is 0 Å².